The number of benzene rings is 2. The molecule has 3 rings (SSSR count). The monoisotopic (exact) mass is 392 g/mol. The average molecular weight is 392 g/mol. The lowest BCUT2D eigenvalue weighted by Crippen LogP contribution is -2.11. The smallest absolute Gasteiger partial charge is 0.340 e. The molecule has 0 saturated heterocycles. The third kappa shape index (κ3) is 4.52. The fourth-order valence-electron chi connectivity index (χ4n) is 2.89. The average Bonchev–Trinajstić information content (AvgIpc) is 3.46. The van der Waals surface area contributed by atoms with Crippen LogP contribution in [0.1, 0.15) is 22.3 Å². The molecular weight excluding hydrogens is 373 g/mol. The topological polar surface area (TPSA) is 52.6 Å². The molecule has 1 saturated carbocycles. The largest absolute Gasteiger partial charge is 0.434 e. The second-order valence-electron chi connectivity index (χ2n) is 6.33. The van der Waals surface area contributed by atoms with E-state index >= 15 is 0 Å². The van der Waals surface area contributed by atoms with Crippen molar-refractivity contribution in [2.45, 2.75) is 18.2 Å². The minimum absolute atomic E-state index is 0.0458. The van der Waals surface area contributed by atoms with E-state index in [1.807, 2.05) is 0 Å². The first-order chi connectivity index (χ1) is 12.9. The van der Waals surface area contributed by atoms with E-state index in [4.69, 9.17) is 9.26 Å². The number of hydrogen-bond donors (Lipinski definition) is 0. The summed E-state index contributed by atoms with van der Waals surface area (Å²) < 4.78 is 51.8. The predicted octanol–water partition coefficient (Wildman–Crippen LogP) is 5.15. The molecule has 2 aromatic carbocycles. The summed E-state index contributed by atoms with van der Waals surface area (Å²) in [6, 6.07) is 11.7. The normalized spacial score (nSPS) is 20.5. The minimum atomic E-state index is -3.50. The molecule has 0 radical (unpaired) electrons. The number of allylic oxidation sites excluding steroid dienone is 1. The number of rotatable bonds is 8. The van der Waals surface area contributed by atoms with Crippen LogP contribution >= 0.6 is 7.37 Å². The predicted molar refractivity (Wildman–Crippen MR) is 97.6 cm³/mol. The van der Waals surface area contributed by atoms with E-state index < -0.39 is 37.9 Å². The first-order valence-corrected chi connectivity index (χ1v) is 10.3. The fraction of sp³-hybridized carbons (Fsp3) is 0.250. The highest BCUT2D eigenvalue weighted by Gasteiger charge is 2.50. The van der Waals surface area contributed by atoms with Crippen molar-refractivity contribution < 1.29 is 27.4 Å². The third-order valence-electron chi connectivity index (χ3n) is 4.52. The molecule has 7 heteroatoms. The Morgan fingerprint density at radius 3 is 2.41 bits per heavy atom. The summed E-state index contributed by atoms with van der Waals surface area (Å²) in [4.78, 5) is 12.0. The molecule has 142 valence electrons. The zero-order chi connectivity index (χ0) is 19.4. The highest BCUT2D eigenvalue weighted by Crippen LogP contribution is 2.66. The van der Waals surface area contributed by atoms with Crippen LogP contribution in [-0.4, -0.2) is 18.4 Å². The molecule has 0 heterocycles. The van der Waals surface area contributed by atoms with Crippen LogP contribution in [0.25, 0.3) is 0 Å². The van der Waals surface area contributed by atoms with Gasteiger partial charge in [0.15, 0.2) is 6.79 Å². The molecule has 0 N–H and O–H groups in total. The molecule has 1 aliphatic carbocycles. The lowest BCUT2D eigenvalue weighted by Gasteiger charge is -2.19. The van der Waals surface area contributed by atoms with Crippen molar-refractivity contribution in [1.29, 1.82) is 0 Å². The van der Waals surface area contributed by atoms with E-state index in [-0.39, 0.29) is 17.1 Å². The Balaban J connectivity index is 1.71. The lowest BCUT2D eigenvalue weighted by molar-refractivity contribution is 0.0161. The maximum absolute atomic E-state index is 14.0. The van der Waals surface area contributed by atoms with E-state index in [1.165, 1.54) is 6.07 Å². The Labute approximate surface area is 156 Å². The van der Waals surface area contributed by atoms with Crippen LogP contribution in [0.3, 0.4) is 0 Å². The van der Waals surface area contributed by atoms with Crippen LogP contribution in [0, 0.1) is 17.6 Å². The highest BCUT2D eigenvalue weighted by atomic mass is 31.2. The van der Waals surface area contributed by atoms with Gasteiger partial charge in [0.05, 0.1) is 11.7 Å². The summed E-state index contributed by atoms with van der Waals surface area (Å²) in [5.74, 6) is -2.24. The summed E-state index contributed by atoms with van der Waals surface area (Å²) in [6.45, 7) is 3.11. The van der Waals surface area contributed by atoms with Gasteiger partial charge >= 0.3 is 5.97 Å². The van der Waals surface area contributed by atoms with Gasteiger partial charge in [0, 0.05) is 11.2 Å². The number of esters is 1. The summed E-state index contributed by atoms with van der Waals surface area (Å²) in [5.41, 5.74) is -0.346. The first kappa shape index (κ1) is 19.5. The van der Waals surface area contributed by atoms with Gasteiger partial charge in [0.25, 0.3) is 0 Å². The van der Waals surface area contributed by atoms with E-state index in [9.17, 15) is 18.1 Å². The molecule has 1 aliphatic rings. The maximum atomic E-state index is 14.0. The van der Waals surface area contributed by atoms with Crippen LogP contribution in [0.2, 0.25) is 0 Å². The van der Waals surface area contributed by atoms with Gasteiger partial charge in [0.1, 0.15) is 11.6 Å². The van der Waals surface area contributed by atoms with E-state index in [2.05, 4.69) is 6.58 Å². The number of carbonyl (C=O) groups excluding carboxylic acids is 1. The number of halogens is 2. The molecule has 0 aliphatic heterocycles. The molecule has 3 atom stereocenters. The van der Waals surface area contributed by atoms with Crippen molar-refractivity contribution in [3.63, 3.8) is 0 Å². The van der Waals surface area contributed by atoms with Crippen molar-refractivity contribution in [2.24, 2.45) is 5.92 Å². The van der Waals surface area contributed by atoms with Gasteiger partial charge in [0.2, 0.25) is 7.37 Å². The summed E-state index contributed by atoms with van der Waals surface area (Å²) in [6.07, 6.45) is 1.81. The molecule has 1 fully saturated rings. The van der Waals surface area contributed by atoms with E-state index in [0.717, 1.165) is 12.1 Å². The van der Waals surface area contributed by atoms with Gasteiger partial charge in [-0.25, -0.2) is 13.6 Å². The Bertz CT molecular complexity index is 865. The third-order valence-corrected chi connectivity index (χ3v) is 7.43. The number of hydrogen-bond acceptors (Lipinski definition) is 4. The van der Waals surface area contributed by atoms with Crippen LogP contribution in [0.5, 0.6) is 0 Å². The van der Waals surface area contributed by atoms with Crippen LogP contribution in [0.15, 0.2) is 61.2 Å². The van der Waals surface area contributed by atoms with Gasteiger partial charge in [-0.2, -0.15) is 0 Å². The van der Waals surface area contributed by atoms with Crippen molar-refractivity contribution in [3.8, 4) is 0 Å². The SMILES string of the molecule is C=C[C@@H]1C[C@@H]1P(=O)(Cc1c(F)cccc1F)OCOC(=O)c1ccccc1. The summed E-state index contributed by atoms with van der Waals surface area (Å²) in [7, 11) is -3.50. The van der Waals surface area contributed by atoms with Gasteiger partial charge in [-0.15, -0.1) is 6.58 Å². The molecule has 0 amide bonds. The molecule has 0 spiro atoms. The lowest BCUT2D eigenvalue weighted by atomic mass is 10.2. The second-order valence-corrected chi connectivity index (χ2v) is 9.02. The number of ether oxygens (including phenoxy) is 1. The molecule has 2 aromatic rings. The second kappa shape index (κ2) is 8.15. The van der Waals surface area contributed by atoms with Crippen molar-refractivity contribution in [1.82, 2.24) is 0 Å². The van der Waals surface area contributed by atoms with Crippen molar-refractivity contribution in [3.05, 3.63) is 83.9 Å². The maximum Gasteiger partial charge on any atom is 0.340 e. The molecule has 0 bridgehead atoms. The molecule has 4 nitrogen and oxygen atoms in total. The van der Waals surface area contributed by atoms with Gasteiger partial charge in [-0.1, -0.05) is 30.3 Å². The summed E-state index contributed by atoms with van der Waals surface area (Å²) >= 11 is 0. The van der Waals surface area contributed by atoms with Gasteiger partial charge < -0.3 is 4.74 Å². The summed E-state index contributed by atoms with van der Waals surface area (Å²) in [5, 5.41) is 0. The Morgan fingerprint density at radius 1 is 1.15 bits per heavy atom. The quantitative estimate of drug-likeness (QED) is 0.270. The number of carbonyl (C=O) groups is 1. The molecular formula is C20H19F2O4P. The molecule has 1 unspecified atom stereocenters. The fourth-order valence-corrected chi connectivity index (χ4v) is 5.66. The van der Waals surface area contributed by atoms with Gasteiger partial charge in [-0.3, -0.25) is 9.09 Å². The standard InChI is InChI=1S/C20H19F2O4P/c1-2-14-11-19(14)27(24,12-16-17(21)9-6-10-18(16)22)26-13-25-20(23)15-7-4-3-5-8-15/h2-10,14,19H,1,11-13H2/t14-,19+,27?/m1/s1. The van der Waals surface area contributed by atoms with E-state index in [1.54, 1.807) is 36.4 Å². The van der Waals surface area contributed by atoms with Crippen molar-refractivity contribution in [2.75, 3.05) is 6.79 Å². The molecule has 27 heavy (non-hydrogen) atoms. The highest BCUT2D eigenvalue weighted by molar-refractivity contribution is 7.59. The molecule has 0 aromatic heterocycles. The first-order valence-electron chi connectivity index (χ1n) is 8.45. The van der Waals surface area contributed by atoms with Crippen LogP contribution in [-0.2, 0) is 20.0 Å². The van der Waals surface area contributed by atoms with E-state index in [0.29, 0.717) is 12.0 Å². The van der Waals surface area contributed by atoms with Gasteiger partial charge in [-0.05, 0) is 36.6 Å². The zero-order valence-electron chi connectivity index (χ0n) is 14.5. The Kier molecular flexibility index (Phi) is 5.88. The minimum Gasteiger partial charge on any atom is -0.434 e. The Hall–Kier alpha value is -2.30. The zero-order valence-corrected chi connectivity index (χ0v) is 15.4. The van der Waals surface area contributed by atoms with Crippen LogP contribution < -0.4 is 0 Å². The Morgan fingerprint density at radius 2 is 1.81 bits per heavy atom. The van der Waals surface area contributed by atoms with Crippen molar-refractivity contribution >= 4 is 13.3 Å². The van der Waals surface area contributed by atoms with Crippen LogP contribution in [0.4, 0.5) is 8.78 Å².